The molecule has 172 valence electrons. The first-order valence-electron chi connectivity index (χ1n) is 11.1. The van der Waals surface area contributed by atoms with E-state index in [9.17, 15) is 18.0 Å². The molecule has 0 spiro atoms. The fourth-order valence-electron chi connectivity index (χ4n) is 4.28. The molecule has 7 heteroatoms. The molecule has 0 radical (unpaired) electrons. The molecule has 0 atom stereocenters. The highest BCUT2D eigenvalue weighted by Crippen LogP contribution is 2.42. The lowest BCUT2D eigenvalue weighted by atomic mass is 10.1. The summed E-state index contributed by atoms with van der Waals surface area (Å²) in [6.07, 6.45) is 2.25. The van der Waals surface area contributed by atoms with Crippen LogP contribution in [0.25, 0.3) is 0 Å². The number of rotatable bonds is 7. The average molecular weight is 457 g/mol. The molecule has 2 N–H and O–H groups in total. The van der Waals surface area contributed by atoms with Crippen LogP contribution in [-0.4, -0.2) is 31.0 Å². The zero-order valence-electron chi connectivity index (χ0n) is 19.2. The minimum Gasteiger partial charge on any atom is -0.354 e. The van der Waals surface area contributed by atoms with Gasteiger partial charge in [-0.05, 0) is 75.4 Å². The molecule has 2 aromatic carbocycles. The fourth-order valence-corrected chi connectivity index (χ4v) is 6.66. The summed E-state index contributed by atoms with van der Waals surface area (Å²) in [4.78, 5) is 25.6. The van der Waals surface area contributed by atoms with Crippen molar-refractivity contribution in [1.82, 2.24) is 5.32 Å². The number of hydrogen-bond donors (Lipinski definition) is 2. The molecule has 0 saturated heterocycles. The molecule has 0 aliphatic heterocycles. The van der Waals surface area contributed by atoms with Gasteiger partial charge in [-0.3, -0.25) is 9.59 Å². The van der Waals surface area contributed by atoms with E-state index in [2.05, 4.69) is 10.6 Å². The van der Waals surface area contributed by atoms with Gasteiger partial charge in [-0.15, -0.1) is 0 Å². The summed E-state index contributed by atoms with van der Waals surface area (Å²) in [7, 11) is -3.87. The number of amides is 2. The fraction of sp³-hybridized carbons (Fsp3) is 0.440. The maximum absolute atomic E-state index is 13.7. The van der Waals surface area contributed by atoms with Crippen molar-refractivity contribution >= 4 is 27.3 Å². The van der Waals surface area contributed by atoms with Gasteiger partial charge in [-0.1, -0.05) is 37.1 Å². The highest BCUT2D eigenvalue weighted by molar-refractivity contribution is 7.93. The van der Waals surface area contributed by atoms with E-state index in [1.807, 2.05) is 26.8 Å². The van der Waals surface area contributed by atoms with E-state index in [0.29, 0.717) is 36.9 Å². The number of sulfone groups is 1. The van der Waals surface area contributed by atoms with Gasteiger partial charge < -0.3 is 10.6 Å². The first kappa shape index (κ1) is 24.0. The topological polar surface area (TPSA) is 92.3 Å². The van der Waals surface area contributed by atoms with Crippen molar-refractivity contribution in [2.45, 2.75) is 75.5 Å². The molecule has 2 amide bonds. The third kappa shape index (κ3) is 4.88. The molecule has 0 bridgehead atoms. The van der Waals surface area contributed by atoms with Crippen LogP contribution >= 0.6 is 0 Å². The zero-order chi connectivity index (χ0) is 23.5. The van der Waals surface area contributed by atoms with Gasteiger partial charge in [0.1, 0.15) is 0 Å². The standard InChI is InChI=1S/C25H32N2O4S/c1-17(2)26-23(28)16-20-9-11-21(12-10-20)27-24(29)25(13-5-6-14-25)32(30,31)22-15-18(3)7-8-19(22)4/h7-12,15,17H,5-6,13-14,16H2,1-4H3,(H,26,28)(H,27,29). The van der Waals surface area contributed by atoms with Crippen LogP contribution in [0, 0.1) is 13.8 Å². The smallest absolute Gasteiger partial charge is 0.246 e. The minimum atomic E-state index is -3.87. The van der Waals surface area contributed by atoms with Gasteiger partial charge >= 0.3 is 0 Å². The van der Waals surface area contributed by atoms with Crippen molar-refractivity contribution in [2.75, 3.05) is 5.32 Å². The summed E-state index contributed by atoms with van der Waals surface area (Å²) >= 11 is 0. The molecule has 1 fully saturated rings. The molecule has 0 unspecified atom stereocenters. The molecule has 1 saturated carbocycles. The zero-order valence-corrected chi connectivity index (χ0v) is 20.0. The van der Waals surface area contributed by atoms with Gasteiger partial charge in [0, 0.05) is 11.7 Å². The second-order valence-electron chi connectivity index (χ2n) is 9.02. The summed E-state index contributed by atoms with van der Waals surface area (Å²) in [5.74, 6) is -0.553. The van der Waals surface area contributed by atoms with Gasteiger partial charge in [-0.25, -0.2) is 8.42 Å². The lowest BCUT2D eigenvalue weighted by molar-refractivity contribution is -0.121. The molecule has 1 aliphatic carbocycles. The summed E-state index contributed by atoms with van der Waals surface area (Å²) in [6, 6.07) is 12.4. The van der Waals surface area contributed by atoms with Crippen LogP contribution in [0.4, 0.5) is 5.69 Å². The van der Waals surface area contributed by atoms with Crippen molar-refractivity contribution in [2.24, 2.45) is 0 Å². The van der Waals surface area contributed by atoms with Crippen LogP contribution in [0.15, 0.2) is 47.4 Å². The van der Waals surface area contributed by atoms with Crippen molar-refractivity contribution in [1.29, 1.82) is 0 Å². The summed E-state index contributed by atoms with van der Waals surface area (Å²) in [6.45, 7) is 7.42. The maximum atomic E-state index is 13.7. The van der Waals surface area contributed by atoms with Crippen molar-refractivity contribution < 1.29 is 18.0 Å². The highest BCUT2D eigenvalue weighted by atomic mass is 32.2. The van der Waals surface area contributed by atoms with Crippen molar-refractivity contribution in [3.05, 3.63) is 59.2 Å². The summed E-state index contributed by atoms with van der Waals surface area (Å²) in [5, 5.41) is 5.67. The first-order valence-corrected chi connectivity index (χ1v) is 12.5. The molecule has 3 rings (SSSR count). The van der Waals surface area contributed by atoms with Crippen LogP contribution in [-0.2, 0) is 25.8 Å². The molecule has 1 aliphatic rings. The lowest BCUT2D eigenvalue weighted by Gasteiger charge is -2.28. The normalized spacial score (nSPS) is 15.5. The van der Waals surface area contributed by atoms with E-state index in [4.69, 9.17) is 0 Å². The molecular formula is C25H32N2O4S. The number of benzene rings is 2. The van der Waals surface area contributed by atoms with Gasteiger partial charge in [0.05, 0.1) is 11.3 Å². The van der Waals surface area contributed by atoms with Crippen LogP contribution in [0.5, 0.6) is 0 Å². The third-order valence-electron chi connectivity index (χ3n) is 6.00. The molecule has 6 nitrogen and oxygen atoms in total. The maximum Gasteiger partial charge on any atom is 0.246 e. The van der Waals surface area contributed by atoms with E-state index in [0.717, 1.165) is 11.1 Å². The average Bonchev–Trinajstić information content (AvgIpc) is 3.22. The van der Waals surface area contributed by atoms with E-state index in [1.165, 1.54) is 0 Å². The molecule has 2 aromatic rings. The number of aryl methyl sites for hydroxylation is 2. The Morgan fingerprint density at radius 2 is 1.62 bits per heavy atom. The Morgan fingerprint density at radius 1 is 1.00 bits per heavy atom. The first-order chi connectivity index (χ1) is 15.0. The number of hydrogen-bond acceptors (Lipinski definition) is 4. The van der Waals surface area contributed by atoms with Crippen molar-refractivity contribution in [3.63, 3.8) is 0 Å². The number of carbonyl (C=O) groups excluding carboxylic acids is 2. The Hall–Kier alpha value is -2.67. The van der Waals surface area contributed by atoms with Crippen LogP contribution < -0.4 is 10.6 Å². The van der Waals surface area contributed by atoms with Gasteiger partial charge in [-0.2, -0.15) is 0 Å². The van der Waals surface area contributed by atoms with E-state index < -0.39 is 20.5 Å². The highest BCUT2D eigenvalue weighted by Gasteiger charge is 2.53. The van der Waals surface area contributed by atoms with Gasteiger partial charge in [0.2, 0.25) is 11.8 Å². The molecule has 32 heavy (non-hydrogen) atoms. The number of carbonyl (C=O) groups is 2. The SMILES string of the molecule is Cc1ccc(C)c(S(=O)(=O)C2(C(=O)Nc3ccc(CC(=O)NC(C)C)cc3)CCCC2)c1. The Labute approximate surface area is 190 Å². The van der Waals surface area contributed by atoms with Crippen LogP contribution in [0.3, 0.4) is 0 Å². The van der Waals surface area contributed by atoms with Crippen LogP contribution in [0.2, 0.25) is 0 Å². The van der Waals surface area contributed by atoms with Crippen LogP contribution in [0.1, 0.15) is 56.2 Å². The van der Waals surface area contributed by atoms with E-state index in [-0.39, 0.29) is 23.3 Å². The predicted molar refractivity (Wildman–Crippen MR) is 126 cm³/mol. The monoisotopic (exact) mass is 456 g/mol. The Balaban J connectivity index is 1.83. The Bertz CT molecular complexity index is 1100. The van der Waals surface area contributed by atoms with Gasteiger partial charge in [0.15, 0.2) is 14.6 Å². The third-order valence-corrected chi connectivity index (χ3v) is 8.64. The van der Waals surface area contributed by atoms with Crippen molar-refractivity contribution in [3.8, 4) is 0 Å². The van der Waals surface area contributed by atoms with E-state index >= 15 is 0 Å². The second kappa shape index (κ2) is 9.45. The summed E-state index contributed by atoms with van der Waals surface area (Å²) in [5.41, 5.74) is 2.84. The summed E-state index contributed by atoms with van der Waals surface area (Å²) < 4.78 is 26.0. The quantitative estimate of drug-likeness (QED) is 0.656. The van der Waals surface area contributed by atoms with E-state index in [1.54, 1.807) is 43.3 Å². The lowest BCUT2D eigenvalue weighted by Crippen LogP contribution is -2.47. The molecule has 0 aromatic heterocycles. The predicted octanol–water partition coefficient (Wildman–Crippen LogP) is 4.10. The Morgan fingerprint density at radius 3 is 2.22 bits per heavy atom. The number of nitrogens with one attached hydrogen (secondary N) is 2. The molecular weight excluding hydrogens is 424 g/mol. The molecule has 0 heterocycles. The Kier molecular flexibility index (Phi) is 7.08. The largest absolute Gasteiger partial charge is 0.354 e. The second-order valence-corrected chi connectivity index (χ2v) is 11.3. The van der Waals surface area contributed by atoms with Gasteiger partial charge in [0.25, 0.3) is 0 Å². The minimum absolute atomic E-state index is 0.0682. The number of anilines is 1.